The van der Waals surface area contributed by atoms with Crippen molar-refractivity contribution in [2.45, 2.75) is 12.0 Å². The Morgan fingerprint density at radius 1 is 1.38 bits per heavy atom. The zero-order valence-corrected chi connectivity index (χ0v) is 7.40. The molecule has 0 spiro atoms. The summed E-state index contributed by atoms with van der Waals surface area (Å²) >= 11 is 0. The maximum Gasteiger partial charge on any atom is 0.111 e. The van der Waals surface area contributed by atoms with Gasteiger partial charge in [-0.05, 0) is 11.1 Å². The third-order valence-corrected chi connectivity index (χ3v) is 2.49. The Bertz CT molecular complexity index is 365. The number of fused-ring (bicyclic) bond motifs is 1. The Morgan fingerprint density at radius 3 is 2.92 bits per heavy atom. The lowest BCUT2D eigenvalue weighted by Crippen LogP contribution is -2.24. The van der Waals surface area contributed by atoms with Gasteiger partial charge in [-0.15, -0.1) is 0 Å². The molecular formula is C12H12O. The monoisotopic (exact) mass is 172 g/mol. The molecule has 1 aromatic rings. The molecule has 13 heavy (non-hydrogen) atoms. The minimum Gasteiger partial charge on any atom is -0.381 e. The first-order valence-corrected chi connectivity index (χ1v) is 4.38. The van der Waals surface area contributed by atoms with E-state index < -0.39 is 5.60 Å². The second-order valence-corrected chi connectivity index (χ2v) is 3.32. The van der Waals surface area contributed by atoms with Crippen LogP contribution in [-0.2, 0) is 5.60 Å². The number of hydrogen-bond donors (Lipinski definition) is 1. The third-order valence-electron chi connectivity index (χ3n) is 2.49. The predicted molar refractivity (Wildman–Crippen MR) is 54.2 cm³/mol. The molecule has 0 radical (unpaired) electrons. The molecule has 66 valence electrons. The zero-order valence-electron chi connectivity index (χ0n) is 7.40. The van der Waals surface area contributed by atoms with E-state index in [1.807, 2.05) is 36.4 Å². The lowest BCUT2D eigenvalue weighted by molar-refractivity contribution is 0.0919. The second-order valence-electron chi connectivity index (χ2n) is 3.32. The maximum absolute atomic E-state index is 10.2. The summed E-state index contributed by atoms with van der Waals surface area (Å²) in [6.07, 6.45) is 6.24. The average Bonchev–Trinajstić information content (AvgIpc) is 2.19. The standard InChI is InChI=1S/C12H12O/c1-2-12(13)9-5-7-10-6-3-4-8-11(10)12/h2-8,13H,1,9H2. The van der Waals surface area contributed by atoms with E-state index in [2.05, 4.69) is 6.58 Å². The highest BCUT2D eigenvalue weighted by atomic mass is 16.3. The maximum atomic E-state index is 10.2. The van der Waals surface area contributed by atoms with Gasteiger partial charge in [0.15, 0.2) is 0 Å². The molecular weight excluding hydrogens is 160 g/mol. The molecule has 0 aromatic heterocycles. The van der Waals surface area contributed by atoms with E-state index in [1.54, 1.807) is 6.08 Å². The molecule has 0 heterocycles. The van der Waals surface area contributed by atoms with Gasteiger partial charge in [0.1, 0.15) is 5.60 Å². The lowest BCUT2D eigenvalue weighted by Gasteiger charge is -2.28. The minimum atomic E-state index is -0.870. The SMILES string of the molecule is C=CC1(O)CC=Cc2ccccc21. The highest BCUT2D eigenvalue weighted by Crippen LogP contribution is 2.33. The Kier molecular flexibility index (Phi) is 1.82. The van der Waals surface area contributed by atoms with E-state index in [9.17, 15) is 5.11 Å². The summed E-state index contributed by atoms with van der Waals surface area (Å²) in [6.45, 7) is 3.67. The molecule has 1 unspecified atom stereocenters. The molecule has 1 aliphatic carbocycles. The summed E-state index contributed by atoms with van der Waals surface area (Å²) in [4.78, 5) is 0. The molecule has 1 N–H and O–H groups in total. The molecule has 0 fully saturated rings. The van der Waals surface area contributed by atoms with Crippen LogP contribution in [0.1, 0.15) is 17.5 Å². The van der Waals surface area contributed by atoms with E-state index in [0.717, 1.165) is 11.1 Å². The van der Waals surface area contributed by atoms with E-state index in [0.29, 0.717) is 6.42 Å². The smallest absolute Gasteiger partial charge is 0.111 e. The predicted octanol–water partition coefficient (Wildman–Crippen LogP) is 2.48. The molecule has 1 aromatic carbocycles. The largest absolute Gasteiger partial charge is 0.381 e. The van der Waals surface area contributed by atoms with Gasteiger partial charge in [0, 0.05) is 6.42 Å². The Hall–Kier alpha value is -1.34. The van der Waals surface area contributed by atoms with Crippen LogP contribution in [0, 0.1) is 0 Å². The van der Waals surface area contributed by atoms with Crippen molar-refractivity contribution in [2.24, 2.45) is 0 Å². The topological polar surface area (TPSA) is 20.2 Å². The van der Waals surface area contributed by atoms with Gasteiger partial charge in [0.2, 0.25) is 0 Å². The third kappa shape index (κ3) is 1.21. The quantitative estimate of drug-likeness (QED) is 0.645. The van der Waals surface area contributed by atoms with Crippen molar-refractivity contribution < 1.29 is 5.11 Å². The van der Waals surface area contributed by atoms with Crippen LogP contribution in [0.2, 0.25) is 0 Å². The van der Waals surface area contributed by atoms with Crippen LogP contribution in [0.15, 0.2) is 43.0 Å². The highest BCUT2D eigenvalue weighted by Gasteiger charge is 2.27. The molecule has 0 saturated heterocycles. The van der Waals surface area contributed by atoms with Crippen molar-refractivity contribution in [1.29, 1.82) is 0 Å². The molecule has 1 heteroatoms. The first kappa shape index (κ1) is 8.27. The molecule has 1 aliphatic rings. The van der Waals surface area contributed by atoms with Crippen LogP contribution in [0.5, 0.6) is 0 Å². The fraction of sp³-hybridized carbons (Fsp3) is 0.167. The molecule has 1 nitrogen and oxygen atoms in total. The first-order valence-electron chi connectivity index (χ1n) is 4.38. The molecule has 0 aliphatic heterocycles. The highest BCUT2D eigenvalue weighted by molar-refractivity contribution is 5.59. The molecule has 0 saturated carbocycles. The first-order chi connectivity index (χ1) is 6.26. The molecule has 2 rings (SSSR count). The molecule has 1 atom stereocenters. The van der Waals surface area contributed by atoms with Gasteiger partial charge in [0.25, 0.3) is 0 Å². The zero-order chi connectivity index (χ0) is 9.31. The average molecular weight is 172 g/mol. The minimum absolute atomic E-state index is 0.619. The van der Waals surface area contributed by atoms with Gasteiger partial charge in [-0.3, -0.25) is 0 Å². The summed E-state index contributed by atoms with van der Waals surface area (Å²) in [5.41, 5.74) is 1.16. The van der Waals surface area contributed by atoms with Gasteiger partial charge < -0.3 is 5.11 Å². The summed E-state index contributed by atoms with van der Waals surface area (Å²) in [5, 5.41) is 10.2. The van der Waals surface area contributed by atoms with Crippen molar-refractivity contribution in [2.75, 3.05) is 0 Å². The van der Waals surface area contributed by atoms with Crippen molar-refractivity contribution >= 4 is 6.08 Å². The second kappa shape index (κ2) is 2.86. The van der Waals surface area contributed by atoms with E-state index in [1.165, 1.54) is 0 Å². The number of aliphatic hydroxyl groups is 1. The van der Waals surface area contributed by atoms with Crippen molar-refractivity contribution in [3.05, 3.63) is 54.1 Å². The van der Waals surface area contributed by atoms with Crippen molar-refractivity contribution in [3.63, 3.8) is 0 Å². The van der Waals surface area contributed by atoms with Gasteiger partial charge in [0.05, 0.1) is 0 Å². The Balaban J connectivity index is 2.61. The van der Waals surface area contributed by atoms with Gasteiger partial charge in [-0.25, -0.2) is 0 Å². The van der Waals surface area contributed by atoms with E-state index in [4.69, 9.17) is 0 Å². The summed E-state index contributed by atoms with van der Waals surface area (Å²) < 4.78 is 0. The Labute approximate surface area is 78.0 Å². The number of hydrogen-bond acceptors (Lipinski definition) is 1. The van der Waals surface area contributed by atoms with Crippen LogP contribution in [0.4, 0.5) is 0 Å². The van der Waals surface area contributed by atoms with E-state index >= 15 is 0 Å². The molecule has 0 amide bonds. The van der Waals surface area contributed by atoms with Crippen LogP contribution in [0.25, 0.3) is 6.08 Å². The normalized spacial score (nSPS) is 25.3. The van der Waals surface area contributed by atoms with Gasteiger partial charge in [-0.1, -0.05) is 49.1 Å². The van der Waals surface area contributed by atoms with Gasteiger partial charge in [-0.2, -0.15) is 0 Å². The van der Waals surface area contributed by atoms with E-state index in [-0.39, 0.29) is 0 Å². The Morgan fingerprint density at radius 2 is 2.15 bits per heavy atom. The van der Waals surface area contributed by atoms with Crippen LogP contribution < -0.4 is 0 Å². The van der Waals surface area contributed by atoms with Crippen LogP contribution in [-0.4, -0.2) is 5.11 Å². The molecule has 0 bridgehead atoms. The fourth-order valence-electron chi connectivity index (χ4n) is 1.71. The summed E-state index contributed by atoms with van der Waals surface area (Å²) in [6, 6.07) is 7.85. The van der Waals surface area contributed by atoms with Gasteiger partial charge >= 0.3 is 0 Å². The van der Waals surface area contributed by atoms with Crippen LogP contribution >= 0.6 is 0 Å². The number of rotatable bonds is 1. The fourth-order valence-corrected chi connectivity index (χ4v) is 1.71. The van der Waals surface area contributed by atoms with Crippen molar-refractivity contribution in [3.8, 4) is 0 Å². The summed E-state index contributed by atoms with van der Waals surface area (Å²) in [5.74, 6) is 0. The summed E-state index contributed by atoms with van der Waals surface area (Å²) in [7, 11) is 0. The van der Waals surface area contributed by atoms with Crippen molar-refractivity contribution in [1.82, 2.24) is 0 Å². The van der Waals surface area contributed by atoms with Crippen LogP contribution in [0.3, 0.4) is 0 Å². The lowest BCUT2D eigenvalue weighted by atomic mass is 9.83. The number of benzene rings is 1.